The predicted molar refractivity (Wildman–Crippen MR) is 71.8 cm³/mol. The Morgan fingerprint density at radius 1 is 1.29 bits per heavy atom. The molecule has 1 aromatic carbocycles. The molecule has 0 fully saturated rings. The number of furan rings is 1. The molecular weight excluding hydrogens is 276 g/mol. The highest BCUT2D eigenvalue weighted by atomic mass is 16.6. The van der Waals surface area contributed by atoms with Gasteiger partial charge in [-0.15, -0.1) is 5.10 Å². The van der Waals surface area contributed by atoms with Gasteiger partial charge in [0, 0.05) is 0 Å². The van der Waals surface area contributed by atoms with Gasteiger partial charge in [-0.2, -0.15) is 4.68 Å². The molecular formula is C12H10N6O3. The number of nitrogens with zero attached hydrogens (tertiary/aromatic N) is 5. The zero-order valence-corrected chi connectivity index (χ0v) is 10.7. The van der Waals surface area contributed by atoms with E-state index in [2.05, 4.69) is 20.8 Å². The van der Waals surface area contributed by atoms with Crippen molar-refractivity contribution >= 4 is 11.6 Å². The maximum atomic E-state index is 10.6. The van der Waals surface area contributed by atoms with Gasteiger partial charge in [0.25, 0.3) is 0 Å². The molecule has 0 aliphatic rings. The molecule has 0 radical (unpaired) electrons. The number of para-hydroxylation sites is 2. The maximum absolute atomic E-state index is 10.6. The molecule has 106 valence electrons. The van der Waals surface area contributed by atoms with Crippen LogP contribution in [-0.2, 0) is 6.54 Å². The van der Waals surface area contributed by atoms with Crippen molar-refractivity contribution in [3.05, 3.63) is 58.6 Å². The second-order valence-electron chi connectivity index (χ2n) is 4.12. The van der Waals surface area contributed by atoms with Crippen molar-refractivity contribution in [3.8, 4) is 5.69 Å². The van der Waals surface area contributed by atoms with E-state index in [1.807, 2.05) is 24.3 Å². The van der Waals surface area contributed by atoms with E-state index in [-0.39, 0.29) is 5.88 Å². The normalized spacial score (nSPS) is 10.5. The lowest BCUT2D eigenvalue weighted by Crippen LogP contribution is -2.04. The molecule has 0 amide bonds. The Balaban J connectivity index is 1.77. The van der Waals surface area contributed by atoms with Crippen LogP contribution in [0, 0.1) is 10.1 Å². The van der Waals surface area contributed by atoms with E-state index in [1.54, 1.807) is 6.07 Å². The van der Waals surface area contributed by atoms with Crippen LogP contribution in [-0.4, -0.2) is 25.1 Å². The van der Waals surface area contributed by atoms with E-state index in [4.69, 9.17) is 4.42 Å². The molecule has 0 aliphatic carbocycles. The van der Waals surface area contributed by atoms with Crippen LogP contribution in [0.2, 0.25) is 0 Å². The number of rotatable bonds is 5. The van der Waals surface area contributed by atoms with E-state index in [0.29, 0.717) is 12.3 Å². The number of nitro groups is 1. The summed E-state index contributed by atoms with van der Waals surface area (Å²) in [7, 11) is 0. The van der Waals surface area contributed by atoms with E-state index < -0.39 is 4.92 Å². The predicted octanol–water partition coefficient (Wildman–Crippen LogP) is 1.78. The first-order valence-corrected chi connectivity index (χ1v) is 6.03. The van der Waals surface area contributed by atoms with Gasteiger partial charge >= 0.3 is 5.88 Å². The summed E-state index contributed by atoms with van der Waals surface area (Å²) >= 11 is 0. The highest BCUT2D eigenvalue weighted by Crippen LogP contribution is 2.21. The molecule has 0 aliphatic heterocycles. The third-order valence-corrected chi connectivity index (χ3v) is 2.78. The summed E-state index contributed by atoms with van der Waals surface area (Å²) in [5.74, 6) is 0.189. The molecule has 0 saturated carbocycles. The Kier molecular flexibility index (Phi) is 3.29. The van der Waals surface area contributed by atoms with Crippen molar-refractivity contribution in [1.82, 2.24) is 20.2 Å². The minimum absolute atomic E-state index is 0.277. The van der Waals surface area contributed by atoms with Crippen molar-refractivity contribution in [1.29, 1.82) is 0 Å². The highest BCUT2D eigenvalue weighted by Gasteiger charge is 2.12. The molecule has 0 unspecified atom stereocenters. The number of tetrazole rings is 1. The minimum atomic E-state index is -0.571. The molecule has 2 heterocycles. The Morgan fingerprint density at radius 3 is 2.86 bits per heavy atom. The average molecular weight is 286 g/mol. The number of nitrogens with one attached hydrogen (secondary N) is 1. The fraction of sp³-hybridized carbons (Fsp3) is 0.0833. The van der Waals surface area contributed by atoms with Crippen molar-refractivity contribution in [2.45, 2.75) is 6.54 Å². The maximum Gasteiger partial charge on any atom is 0.433 e. The van der Waals surface area contributed by atoms with Gasteiger partial charge in [-0.25, -0.2) is 0 Å². The molecule has 9 heteroatoms. The van der Waals surface area contributed by atoms with Crippen molar-refractivity contribution in [2.24, 2.45) is 0 Å². The van der Waals surface area contributed by atoms with Crippen LogP contribution in [0.3, 0.4) is 0 Å². The van der Waals surface area contributed by atoms with E-state index in [9.17, 15) is 10.1 Å². The molecule has 0 saturated heterocycles. The van der Waals surface area contributed by atoms with Crippen LogP contribution in [0.5, 0.6) is 0 Å². The lowest BCUT2D eigenvalue weighted by Gasteiger charge is -2.09. The van der Waals surface area contributed by atoms with Crippen LogP contribution >= 0.6 is 0 Å². The van der Waals surface area contributed by atoms with Gasteiger partial charge in [-0.1, -0.05) is 12.1 Å². The summed E-state index contributed by atoms with van der Waals surface area (Å²) in [5, 5.41) is 24.7. The quantitative estimate of drug-likeness (QED) is 0.561. The van der Waals surface area contributed by atoms with E-state index in [1.165, 1.54) is 17.1 Å². The third-order valence-electron chi connectivity index (χ3n) is 2.78. The first kappa shape index (κ1) is 12.8. The summed E-state index contributed by atoms with van der Waals surface area (Å²) in [5.41, 5.74) is 1.55. The fourth-order valence-electron chi connectivity index (χ4n) is 1.84. The number of aromatic nitrogens is 4. The topological polar surface area (TPSA) is 112 Å². The summed E-state index contributed by atoms with van der Waals surface area (Å²) in [6.45, 7) is 0.312. The van der Waals surface area contributed by atoms with Crippen LogP contribution in [0.1, 0.15) is 5.76 Å². The smallest absolute Gasteiger partial charge is 0.404 e. The monoisotopic (exact) mass is 286 g/mol. The Morgan fingerprint density at radius 2 is 2.14 bits per heavy atom. The summed E-state index contributed by atoms with van der Waals surface area (Å²) in [6.07, 6.45) is 1.48. The summed E-state index contributed by atoms with van der Waals surface area (Å²) in [4.78, 5) is 9.99. The molecule has 0 bridgehead atoms. The molecule has 0 atom stereocenters. The summed E-state index contributed by atoms with van der Waals surface area (Å²) in [6, 6.07) is 10.3. The van der Waals surface area contributed by atoms with Crippen molar-refractivity contribution < 1.29 is 9.34 Å². The van der Waals surface area contributed by atoms with Crippen LogP contribution in [0.25, 0.3) is 5.69 Å². The van der Waals surface area contributed by atoms with Gasteiger partial charge in [0.15, 0.2) is 0 Å². The fourth-order valence-corrected chi connectivity index (χ4v) is 1.84. The largest absolute Gasteiger partial charge is 0.433 e. The number of hydrogen-bond acceptors (Lipinski definition) is 7. The molecule has 3 aromatic rings. The van der Waals surface area contributed by atoms with Gasteiger partial charge < -0.3 is 9.73 Å². The lowest BCUT2D eigenvalue weighted by molar-refractivity contribution is -0.402. The SMILES string of the molecule is O=[N+]([O-])c1ccc(CNc2ccccc2-n2cnnn2)o1. The van der Waals surface area contributed by atoms with Gasteiger partial charge in [-0.3, -0.25) is 10.1 Å². The Hall–Kier alpha value is -3.23. The minimum Gasteiger partial charge on any atom is -0.404 e. The van der Waals surface area contributed by atoms with Crippen LogP contribution in [0.4, 0.5) is 11.6 Å². The van der Waals surface area contributed by atoms with Gasteiger partial charge in [0.05, 0.1) is 24.0 Å². The zero-order chi connectivity index (χ0) is 14.7. The first-order chi connectivity index (χ1) is 10.2. The van der Waals surface area contributed by atoms with Gasteiger partial charge in [-0.05, 0) is 28.6 Å². The standard InChI is InChI=1S/C12H10N6O3/c19-18(20)12-6-5-9(21-12)7-13-10-3-1-2-4-11(10)17-8-14-15-16-17/h1-6,8,13H,7H2. The van der Waals surface area contributed by atoms with Gasteiger partial charge in [0.2, 0.25) is 0 Å². The number of anilines is 1. The van der Waals surface area contributed by atoms with Crippen LogP contribution in [0.15, 0.2) is 47.1 Å². The Bertz CT molecular complexity index is 752. The molecule has 2 aromatic heterocycles. The van der Waals surface area contributed by atoms with E-state index >= 15 is 0 Å². The molecule has 21 heavy (non-hydrogen) atoms. The average Bonchev–Trinajstić information content (AvgIpc) is 3.17. The number of benzene rings is 1. The number of hydrogen-bond donors (Lipinski definition) is 1. The highest BCUT2D eigenvalue weighted by molar-refractivity contribution is 5.60. The zero-order valence-electron chi connectivity index (χ0n) is 10.7. The van der Waals surface area contributed by atoms with Crippen molar-refractivity contribution in [3.63, 3.8) is 0 Å². The summed E-state index contributed by atoms with van der Waals surface area (Å²) < 4.78 is 6.61. The second-order valence-corrected chi connectivity index (χ2v) is 4.12. The molecule has 9 nitrogen and oxygen atoms in total. The van der Waals surface area contributed by atoms with Gasteiger partial charge in [0.1, 0.15) is 17.0 Å². The molecule has 3 rings (SSSR count). The first-order valence-electron chi connectivity index (χ1n) is 6.03. The third kappa shape index (κ3) is 2.71. The molecule has 0 spiro atoms. The van der Waals surface area contributed by atoms with Crippen molar-refractivity contribution in [2.75, 3.05) is 5.32 Å². The van der Waals surface area contributed by atoms with Crippen LogP contribution < -0.4 is 5.32 Å². The Labute approximate surface area is 118 Å². The lowest BCUT2D eigenvalue weighted by atomic mass is 10.2. The second kappa shape index (κ2) is 5.41. The molecule has 1 N–H and O–H groups in total. The van der Waals surface area contributed by atoms with E-state index in [0.717, 1.165) is 11.4 Å².